The fraction of sp³-hybridized carbons (Fsp3) is 0.286. The maximum atomic E-state index is 12.9. The topological polar surface area (TPSA) is 54.5 Å². The van der Waals surface area contributed by atoms with Crippen LogP contribution in [0.2, 0.25) is 0 Å². The van der Waals surface area contributed by atoms with Gasteiger partial charge in [0.15, 0.2) is 9.84 Å². The van der Waals surface area contributed by atoms with Gasteiger partial charge in [0, 0.05) is 23.1 Å². The van der Waals surface area contributed by atoms with Crippen LogP contribution in [0.3, 0.4) is 0 Å². The molecule has 1 saturated heterocycles. The Balaban J connectivity index is 1.81. The molecule has 2 aromatic carbocycles. The lowest BCUT2D eigenvalue weighted by Gasteiger charge is -2.27. The highest BCUT2D eigenvalue weighted by molar-refractivity contribution is 9.10. The number of carbonyl (C=O) groups is 1. The van der Waals surface area contributed by atoms with Crippen LogP contribution in [0.1, 0.15) is 23.1 Å². The highest BCUT2D eigenvalue weighted by Gasteiger charge is 2.34. The fourth-order valence-electron chi connectivity index (χ4n) is 3.18. The largest absolute Gasteiger partial charge is 0.331 e. The summed E-state index contributed by atoms with van der Waals surface area (Å²) in [6.07, 6.45) is 3.80. The molecule has 0 radical (unpaired) electrons. The van der Waals surface area contributed by atoms with Crippen molar-refractivity contribution in [3.63, 3.8) is 0 Å². The van der Waals surface area contributed by atoms with Gasteiger partial charge in [-0.2, -0.15) is 0 Å². The maximum absolute atomic E-state index is 12.9. The number of hydrogen-bond donors (Lipinski definition) is 0. The number of halogens is 1. The molecule has 0 saturated carbocycles. The molecule has 1 fully saturated rings. The number of amides is 1. The van der Waals surface area contributed by atoms with Crippen LogP contribution in [0.15, 0.2) is 59.1 Å². The van der Waals surface area contributed by atoms with Gasteiger partial charge in [0.05, 0.1) is 11.5 Å². The minimum absolute atomic E-state index is 0.0329. The van der Waals surface area contributed by atoms with Crippen LogP contribution in [-0.4, -0.2) is 36.8 Å². The Labute approximate surface area is 168 Å². The summed E-state index contributed by atoms with van der Waals surface area (Å²) in [4.78, 5) is 14.6. The second-order valence-electron chi connectivity index (χ2n) is 6.90. The molecule has 6 heteroatoms. The van der Waals surface area contributed by atoms with E-state index in [0.717, 1.165) is 21.2 Å². The van der Waals surface area contributed by atoms with Crippen molar-refractivity contribution in [3.8, 4) is 0 Å². The van der Waals surface area contributed by atoms with Crippen LogP contribution in [0, 0.1) is 6.92 Å². The lowest BCUT2D eigenvalue weighted by molar-refractivity contribution is -0.128. The van der Waals surface area contributed by atoms with Crippen LogP contribution < -0.4 is 0 Å². The third-order valence-corrected chi connectivity index (χ3v) is 6.91. The van der Waals surface area contributed by atoms with Crippen LogP contribution in [0.4, 0.5) is 0 Å². The Morgan fingerprint density at radius 3 is 2.59 bits per heavy atom. The van der Waals surface area contributed by atoms with Crippen LogP contribution >= 0.6 is 15.9 Å². The third kappa shape index (κ3) is 5.53. The van der Waals surface area contributed by atoms with Gasteiger partial charge < -0.3 is 4.90 Å². The summed E-state index contributed by atoms with van der Waals surface area (Å²) in [5, 5.41) is 0. The highest BCUT2D eigenvalue weighted by Crippen LogP contribution is 2.22. The second kappa shape index (κ2) is 8.40. The predicted octanol–water partition coefficient (Wildman–Crippen LogP) is 3.99. The summed E-state index contributed by atoms with van der Waals surface area (Å²) in [6.45, 7) is 2.40. The smallest absolute Gasteiger partial charge is 0.247 e. The number of carbonyl (C=O) groups excluding carboxylic acids is 1. The normalized spacial score (nSPS) is 18.7. The predicted molar refractivity (Wildman–Crippen MR) is 112 cm³/mol. The Hall–Kier alpha value is -1.92. The van der Waals surface area contributed by atoms with Crippen molar-refractivity contribution in [1.29, 1.82) is 0 Å². The summed E-state index contributed by atoms with van der Waals surface area (Å²) < 4.78 is 24.8. The van der Waals surface area contributed by atoms with E-state index in [1.165, 1.54) is 6.08 Å². The van der Waals surface area contributed by atoms with Crippen molar-refractivity contribution in [1.82, 2.24) is 4.90 Å². The molecule has 4 nitrogen and oxygen atoms in total. The van der Waals surface area contributed by atoms with Crippen LogP contribution in [0.5, 0.6) is 0 Å². The van der Waals surface area contributed by atoms with Gasteiger partial charge in [-0.3, -0.25) is 4.79 Å². The van der Waals surface area contributed by atoms with Gasteiger partial charge in [-0.15, -0.1) is 0 Å². The first-order valence-corrected chi connectivity index (χ1v) is 11.4. The molecule has 142 valence electrons. The molecule has 1 unspecified atom stereocenters. The zero-order valence-corrected chi connectivity index (χ0v) is 17.5. The zero-order valence-electron chi connectivity index (χ0n) is 15.1. The number of hydrogen-bond acceptors (Lipinski definition) is 3. The summed E-state index contributed by atoms with van der Waals surface area (Å²) in [5.41, 5.74) is 3.06. The molecule has 0 aromatic heterocycles. The number of rotatable bonds is 5. The van der Waals surface area contributed by atoms with Gasteiger partial charge >= 0.3 is 0 Å². The summed E-state index contributed by atoms with van der Waals surface area (Å²) >= 11 is 3.44. The van der Waals surface area contributed by atoms with Gasteiger partial charge in [-0.05, 0) is 42.7 Å². The molecular weight excluding hydrogens is 426 g/mol. The average molecular weight is 448 g/mol. The number of sulfone groups is 1. The highest BCUT2D eigenvalue weighted by atomic mass is 79.9. The lowest BCUT2D eigenvalue weighted by Crippen LogP contribution is -2.39. The third-order valence-electron chi connectivity index (χ3n) is 4.67. The molecule has 0 bridgehead atoms. The molecule has 0 N–H and O–H groups in total. The fourth-order valence-corrected chi connectivity index (χ4v) is 5.36. The molecule has 1 aliphatic rings. The second-order valence-corrected chi connectivity index (χ2v) is 10.0. The minimum atomic E-state index is -3.07. The first kappa shape index (κ1) is 19.8. The van der Waals surface area contributed by atoms with Gasteiger partial charge in [-0.25, -0.2) is 8.42 Å². The Bertz CT molecular complexity index is 952. The van der Waals surface area contributed by atoms with E-state index >= 15 is 0 Å². The quantitative estimate of drug-likeness (QED) is 0.651. The average Bonchev–Trinajstić information content (AvgIpc) is 2.98. The molecule has 3 rings (SSSR count). The van der Waals surface area contributed by atoms with Gasteiger partial charge in [0.25, 0.3) is 0 Å². The Morgan fingerprint density at radius 1 is 1.22 bits per heavy atom. The number of nitrogens with zero attached hydrogens (tertiary/aromatic N) is 1. The van der Waals surface area contributed by atoms with Crippen molar-refractivity contribution in [2.24, 2.45) is 0 Å². The van der Waals surface area contributed by atoms with Crippen molar-refractivity contribution in [2.45, 2.75) is 25.9 Å². The van der Waals surface area contributed by atoms with Crippen molar-refractivity contribution >= 4 is 37.8 Å². The van der Waals surface area contributed by atoms with Crippen molar-refractivity contribution in [3.05, 3.63) is 75.8 Å². The Kier molecular flexibility index (Phi) is 6.17. The number of benzene rings is 2. The molecule has 2 aromatic rings. The maximum Gasteiger partial charge on any atom is 0.247 e. The molecule has 0 spiro atoms. The van der Waals surface area contributed by atoms with E-state index in [4.69, 9.17) is 0 Å². The molecule has 1 heterocycles. The first-order chi connectivity index (χ1) is 12.8. The lowest BCUT2D eigenvalue weighted by atomic mass is 10.1. The monoisotopic (exact) mass is 447 g/mol. The summed E-state index contributed by atoms with van der Waals surface area (Å²) in [6, 6.07) is 15.3. The summed E-state index contributed by atoms with van der Waals surface area (Å²) in [7, 11) is -3.07. The van der Waals surface area contributed by atoms with Crippen LogP contribution in [-0.2, 0) is 21.2 Å². The SMILES string of the molecule is Cc1ccc(/C=C/C(=O)N(Cc2cccc(Br)c2)C2CCS(=O)(=O)C2)cc1. The van der Waals surface area contributed by atoms with E-state index in [1.54, 1.807) is 11.0 Å². The molecule has 1 amide bonds. The molecule has 1 atom stereocenters. The van der Waals surface area contributed by atoms with Gasteiger partial charge in [0.1, 0.15) is 0 Å². The molecule has 1 aliphatic heterocycles. The van der Waals surface area contributed by atoms with Gasteiger partial charge in [0.2, 0.25) is 5.91 Å². The van der Waals surface area contributed by atoms with E-state index in [9.17, 15) is 13.2 Å². The molecule has 27 heavy (non-hydrogen) atoms. The van der Waals surface area contributed by atoms with E-state index in [-0.39, 0.29) is 23.5 Å². The van der Waals surface area contributed by atoms with E-state index in [0.29, 0.717) is 13.0 Å². The van der Waals surface area contributed by atoms with E-state index < -0.39 is 9.84 Å². The van der Waals surface area contributed by atoms with Crippen LogP contribution in [0.25, 0.3) is 6.08 Å². The van der Waals surface area contributed by atoms with Gasteiger partial charge in [-0.1, -0.05) is 57.9 Å². The van der Waals surface area contributed by atoms with E-state index in [1.807, 2.05) is 55.5 Å². The Morgan fingerprint density at radius 2 is 1.96 bits per heavy atom. The summed E-state index contributed by atoms with van der Waals surface area (Å²) in [5.74, 6) is 0.00449. The first-order valence-electron chi connectivity index (χ1n) is 8.83. The van der Waals surface area contributed by atoms with E-state index in [2.05, 4.69) is 15.9 Å². The standard InChI is InChI=1S/C21H22BrNO3S/c1-16-5-7-17(8-6-16)9-10-21(24)23(20-11-12-27(25,26)15-20)14-18-3-2-4-19(22)13-18/h2-10,13,20H,11-12,14-15H2,1H3/b10-9+. The van der Waals surface area contributed by atoms with Crippen molar-refractivity contribution < 1.29 is 13.2 Å². The molecular formula is C21H22BrNO3S. The van der Waals surface area contributed by atoms with Crippen molar-refractivity contribution in [2.75, 3.05) is 11.5 Å². The minimum Gasteiger partial charge on any atom is -0.331 e. The molecule has 0 aliphatic carbocycles. The number of aryl methyl sites for hydroxylation is 1. The zero-order chi connectivity index (χ0) is 19.4.